The Kier molecular flexibility index (Phi) is 4.03. The quantitative estimate of drug-likeness (QED) is 0.915. The van der Waals surface area contributed by atoms with E-state index in [1.54, 1.807) is 0 Å². The van der Waals surface area contributed by atoms with E-state index in [4.69, 9.17) is 0 Å². The van der Waals surface area contributed by atoms with Gasteiger partial charge in [0.05, 0.1) is 6.10 Å². The molecule has 2 fully saturated rings. The third-order valence-electron chi connectivity index (χ3n) is 4.84. The zero-order chi connectivity index (χ0) is 14.1. The summed E-state index contributed by atoms with van der Waals surface area (Å²) in [4.78, 5) is 2.33. The summed E-state index contributed by atoms with van der Waals surface area (Å²) in [5, 5.41) is 10.3. The summed E-state index contributed by atoms with van der Waals surface area (Å²) in [7, 11) is 0. The molecule has 2 aliphatic rings. The molecule has 0 bridgehead atoms. The number of rotatable bonds is 4. The third kappa shape index (κ3) is 2.72. The number of β-amino-alcohol motifs (C(OH)–C–C–N with tert-alkyl or cyclic N) is 1. The normalized spacial score (nSPS) is 25.6. The SMILES string of the molecule is OC(CN1CCCC1C1CCC1)c1ccc(F)c(F)c1. The van der Waals surface area contributed by atoms with Crippen molar-refractivity contribution in [3.63, 3.8) is 0 Å². The molecule has 20 heavy (non-hydrogen) atoms. The van der Waals surface area contributed by atoms with Gasteiger partial charge in [-0.2, -0.15) is 0 Å². The molecule has 1 aliphatic heterocycles. The second kappa shape index (κ2) is 5.78. The number of nitrogens with zero attached hydrogens (tertiary/aromatic N) is 1. The fourth-order valence-corrected chi connectivity index (χ4v) is 3.48. The molecule has 1 saturated heterocycles. The van der Waals surface area contributed by atoms with Crippen molar-refractivity contribution >= 4 is 0 Å². The fraction of sp³-hybridized carbons (Fsp3) is 0.625. The highest BCUT2D eigenvalue weighted by Crippen LogP contribution is 2.37. The molecule has 1 saturated carbocycles. The first kappa shape index (κ1) is 14.0. The van der Waals surface area contributed by atoms with E-state index >= 15 is 0 Å². The minimum Gasteiger partial charge on any atom is -0.387 e. The highest BCUT2D eigenvalue weighted by molar-refractivity contribution is 5.20. The van der Waals surface area contributed by atoms with Crippen molar-refractivity contribution in [3.8, 4) is 0 Å². The molecule has 110 valence electrons. The van der Waals surface area contributed by atoms with Crippen LogP contribution in [-0.4, -0.2) is 29.1 Å². The molecule has 1 aromatic carbocycles. The summed E-state index contributed by atoms with van der Waals surface area (Å²) in [5.41, 5.74) is 0.461. The molecule has 2 unspecified atom stereocenters. The van der Waals surface area contributed by atoms with Crippen molar-refractivity contribution in [2.45, 2.75) is 44.2 Å². The van der Waals surface area contributed by atoms with Crippen LogP contribution < -0.4 is 0 Å². The van der Waals surface area contributed by atoms with Crippen molar-refractivity contribution < 1.29 is 13.9 Å². The maximum Gasteiger partial charge on any atom is 0.159 e. The average Bonchev–Trinajstić information content (AvgIpc) is 2.78. The maximum atomic E-state index is 13.2. The summed E-state index contributed by atoms with van der Waals surface area (Å²) < 4.78 is 26.1. The van der Waals surface area contributed by atoms with E-state index in [1.807, 2.05) is 0 Å². The van der Waals surface area contributed by atoms with Crippen LogP contribution in [0.1, 0.15) is 43.8 Å². The van der Waals surface area contributed by atoms with Gasteiger partial charge in [0.15, 0.2) is 11.6 Å². The van der Waals surface area contributed by atoms with Crippen LogP contribution in [0.2, 0.25) is 0 Å². The Hall–Kier alpha value is -1.00. The third-order valence-corrected chi connectivity index (χ3v) is 4.84. The molecule has 4 heteroatoms. The van der Waals surface area contributed by atoms with Crippen molar-refractivity contribution in [2.24, 2.45) is 5.92 Å². The fourth-order valence-electron chi connectivity index (χ4n) is 3.48. The van der Waals surface area contributed by atoms with Gasteiger partial charge in [-0.25, -0.2) is 8.78 Å². The molecule has 1 aliphatic carbocycles. The van der Waals surface area contributed by atoms with E-state index in [0.717, 1.165) is 24.6 Å². The monoisotopic (exact) mass is 281 g/mol. The second-order valence-corrected chi connectivity index (χ2v) is 6.08. The Labute approximate surface area is 118 Å². The molecule has 2 atom stereocenters. The molecule has 0 spiro atoms. The van der Waals surface area contributed by atoms with Crippen LogP contribution in [0.3, 0.4) is 0 Å². The van der Waals surface area contributed by atoms with Gasteiger partial charge < -0.3 is 5.11 Å². The number of hydrogen-bond acceptors (Lipinski definition) is 2. The van der Waals surface area contributed by atoms with E-state index in [0.29, 0.717) is 18.2 Å². The summed E-state index contributed by atoms with van der Waals surface area (Å²) in [6.45, 7) is 1.52. The Bertz CT molecular complexity index is 476. The molecule has 0 amide bonds. The summed E-state index contributed by atoms with van der Waals surface area (Å²) >= 11 is 0. The Morgan fingerprint density at radius 1 is 1.15 bits per heavy atom. The molecule has 3 rings (SSSR count). The topological polar surface area (TPSA) is 23.5 Å². The first-order valence-corrected chi connectivity index (χ1v) is 7.52. The van der Waals surface area contributed by atoms with Crippen molar-refractivity contribution in [3.05, 3.63) is 35.4 Å². The number of hydrogen-bond donors (Lipinski definition) is 1. The summed E-state index contributed by atoms with van der Waals surface area (Å²) in [6, 6.07) is 4.23. The highest BCUT2D eigenvalue weighted by atomic mass is 19.2. The lowest BCUT2D eigenvalue weighted by Crippen LogP contribution is -2.40. The molecular weight excluding hydrogens is 260 g/mol. The standard InChI is InChI=1S/C16H21F2NO/c17-13-7-6-12(9-14(13)18)16(20)10-19-8-2-5-15(19)11-3-1-4-11/h6-7,9,11,15-16,20H,1-5,8,10H2. The molecule has 0 aromatic heterocycles. The van der Waals surface area contributed by atoms with Crippen LogP contribution in [0.15, 0.2) is 18.2 Å². The molecule has 1 N–H and O–H groups in total. The lowest BCUT2D eigenvalue weighted by atomic mass is 9.78. The van der Waals surface area contributed by atoms with Crippen LogP contribution in [0.4, 0.5) is 8.78 Å². The smallest absolute Gasteiger partial charge is 0.159 e. The van der Waals surface area contributed by atoms with Crippen LogP contribution in [0.25, 0.3) is 0 Å². The number of likely N-dealkylation sites (tertiary alicyclic amines) is 1. The minimum absolute atomic E-state index is 0.461. The molecule has 1 aromatic rings. The van der Waals surface area contributed by atoms with Crippen LogP contribution in [0, 0.1) is 17.6 Å². The number of benzene rings is 1. The maximum absolute atomic E-state index is 13.2. The minimum atomic E-state index is -0.890. The van der Waals surface area contributed by atoms with Gasteiger partial charge in [-0.05, 0) is 55.8 Å². The van der Waals surface area contributed by atoms with Gasteiger partial charge in [0, 0.05) is 12.6 Å². The molecule has 1 heterocycles. The van der Waals surface area contributed by atoms with Gasteiger partial charge in [-0.1, -0.05) is 12.5 Å². The predicted octanol–water partition coefficient (Wildman–Crippen LogP) is 3.26. The zero-order valence-electron chi connectivity index (χ0n) is 11.6. The number of halogens is 2. The lowest BCUT2D eigenvalue weighted by Gasteiger charge is -2.37. The van der Waals surface area contributed by atoms with Crippen molar-refractivity contribution in [2.75, 3.05) is 13.1 Å². The number of aliphatic hydroxyl groups excluding tert-OH is 1. The molecule has 0 radical (unpaired) electrons. The van der Waals surface area contributed by atoms with Gasteiger partial charge in [0.25, 0.3) is 0 Å². The summed E-state index contributed by atoms with van der Waals surface area (Å²) in [5.74, 6) is -0.984. The Morgan fingerprint density at radius 3 is 2.60 bits per heavy atom. The van der Waals surface area contributed by atoms with Gasteiger partial charge in [-0.3, -0.25) is 4.90 Å². The second-order valence-electron chi connectivity index (χ2n) is 6.08. The van der Waals surface area contributed by atoms with E-state index in [1.165, 1.54) is 38.2 Å². The zero-order valence-corrected chi connectivity index (χ0v) is 11.6. The van der Waals surface area contributed by atoms with E-state index in [2.05, 4.69) is 4.90 Å². The van der Waals surface area contributed by atoms with Crippen LogP contribution in [-0.2, 0) is 0 Å². The van der Waals surface area contributed by atoms with Crippen molar-refractivity contribution in [1.29, 1.82) is 0 Å². The molecular formula is C16H21F2NO. The van der Waals surface area contributed by atoms with Gasteiger partial charge in [-0.15, -0.1) is 0 Å². The van der Waals surface area contributed by atoms with Crippen LogP contribution >= 0.6 is 0 Å². The largest absolute Gasteiger partial charge is 0.387 e. The average molecular weight is 281 g/mol. The van der Waals surface area contributed by atoms with E-state index in [-0.39, 0.29) is 0 Å². The van der Waals surface area contributed by atoms with Crippen molar-refractivity contribution in [1.82, 2.24) is 4.90 Å². The Morgan fingerprint density at radius 2 is 1.95 bits per heavy atom. The number of aliphatic hydroxyl groups is 1. The first-order valence-electron chi connectivity index (χ1n) is 7.52. The highest BCUT2D eigenvalue weighted by Gasteiger charge is 2.35. The lowest BCUT2D eigenvalue weighted by molar-refractivity contribution is 0.0697. The first-order chi connectivity index (χ1) is 9.65. The van der Waals surface area contributed by atoms with Gasteiger partial charge >= 0.3 is 0 Å². The van der Waals surface area contributed by atoms with Gasteiger partial charge in [0.1, 0.15) is 0 Å². The van der Waals surface area contributed by atoms with Gasteiger partial charge in [0.2, 0.25) is 0 Å². The predicted molar refractivity (Wildman–Crippen MR) is 73.3 cm³/mol. The molecule has 2 nitrogen and oxygen atoms in total. The Balaban J connectivity index is 1.65. The van der Waals surface area contributed by atoms with Crippen LogP contribution in [0.5, 0.6) is 0 Å². The van der Waals surface area contributed by atoms with E-state index < -0.39 is 17.7 Å². The summed E-state index contributed by atoms with van der Waals surface area (Å²) in [6.07, 6.45) is 5.54. The van der Waals surface area contributed by atoms with E-state index in [9.17, 15) is 13.9 Å².